The molecule has 2 rings (SSSR count). The number of hydrogen-bond donors (Lipinski definition) is 1. The van der Waals surface area contributed by atoms with Crippen molar-refractivity contribution in [2.45, 2.75) is 6.42 Å². The fourth-order valence-corrected chi connectivity index (χ4v) is 2.18. The largest absolute Gasteiger partial charge is 0.497 e. The van der Waals surface area contributed by atoms with Gasteiger partial charge in [0.15, 0.2) is 5.82 Å². The minimum atomic E-state index is -0.575. The molecule has 1 aromatic heterocycles. The molecule has 14 heavy (non-hydrogen) atoms. The van der Waals surface area contributed by atoms with Gasteiger partial charge in [0.1, 0.15) is 0 Å². The van der Waals surface area contributed by atoms with Gasteiger partial charge in [0, 0.05) is 10.1 Å². The van der Waals surface area contributed by atoms with Gasteiger partial charge in [-0.1, -0.05) is 23.5 Å². The molecule has 0 saturated carbocycles. The summed E-state index contributed by atoms with van der Waals surface area (Å²) >= 11 is 0.990. The predicted molar refractivity (Wildman–Crippen MR) is 52.8 cm³/mol. The number of hydrogen-bond acceptors (Lipinski definition) is 3. The summed E-state index contributed by atoms with van der Waals surface area (Å²) in [7, 11) is 0. The van der Waals surface area contributed by atoms with Crippen molar-refractivity contribution in [2.24, 2.45) is 0 Å². The van der Waals surface area contributed by atoms with Crippen LogP contribution in [0.1, 0.15) is 5.56 Å². The Morgan fingerprint density at radius 1 is 1.50 bits per heavy atom. The number of fused-ring (bicyclic) bond motifs is 1. The SMILES string of the molecule is N#CCc1ccc2c(F)c(O)sc2c1. The van der Waals surface area contributed by atoms with Gasteiger partial charge >= 0.3 is 0 Å². The number of aromatic hydroxyl groups is 1. The van der Waals surface area contributed by atoms with Gasteiger partial charge in [-0.3, -0.25) is 0 Å². The second-order valence-electron chi connectivity index (χ2n) is 2.89. The molecule has 70 valence electrons. The summed E-state index contributed by atoms with van der Waals surface area (Å²) < 4.78 is 13.8. The van der Waals surface area contributed by atoms with Crippen LogP contribution in [0.15, 0.2) is 18.2 Å². The van der Waals surface area contributed by atoms with E-state index in [9.17, 15) is 4.39 Å². The van der Waals surface area contributed by atoms with Crippen molar-refractivity contribution in [3.8, 4) is 11.1 Å². The first-order valence-corrected chi connectivity index (χ1v) is 4.81. The average Bonchev–Trinajstić information content (AvgIpc) is 2.43. The average molecular weight is 207 g/mol. The van der Waals surface area contributed by atoms with Crippen molar-refractivity contribution in [2.75, 3.05) is 0 Å². The summed E-state index contributed by atoms with van der Waals surface area (Å²) in [5, 5.41) is 17.7. The lowest BCUT2D eigenvalue weighted by molar-refractivity contribution is 0.452. The van der Waals surface area contributed by atoms with Crippen LogP contribution in [0, 0.1) is 17.1 Å². The van der Waals surface area contributed by atoms with E-state index in [1.165, 1.54) is 0 Å². The van der Waals surface area contributed by atoms with E-state index in [0.29, 0.717) is 16.5 Å². The second-order valence-corrected chi connectivity index (χ2v) is 3.92. The highest BCUT2D eigenvalue weighted by molar-refractivity contribution is 7.20. The fourth-order valence-electron chi connectivity index (χ4n) is 1.30. The third kappa shape index (κ3) is 1.32. The molecule has 0 aliphatic carbocycles. The Hall–Kier alpha value is -1.60. The first kappa shape index (κ1) is 8.97. The molecule has 0 radical (unpaired) electrons. The zero-order valence-corrected chi connectivity index (χ0v) is 7.94. The lowest BCUT2D eigenvalue weighted by atomic mass is 10.1. The number of nitriles is 1. The van der Waals surface area contributed by atoms with Gasteiger partial charge in [-0.05, 0) is 11.6 Å². The van der Waals surface area contributed by atoms with Crippen LogP contribution in [0.4, 0.5) is 4.39 Å². The molecule has 1 N–H and O–H groups in total. The lowest BCUT2D eigenvalue weighted by Crippen LogP contribution is -1.79. The Morgan fingerprint density at radius 3 is 3.00 bits per heavy atom. The minimum Gasteiger partial charge on any atom is -0.497 e. The smallest absolute Gasteiger partial charge is 0.209 e. The molecule has 0 aliphatic rings. The Kier molecular flexibility index (Phi) is 2.10. The standard InChI is InChI=1S/C10H6FNOS/c11-9-7-2-1-6(3-4-12)5-8(7)14-10(9)13/h1-2,5,13H,3H2. The molecule has 4 heteroatoms. The van der Waals surface area contributed by atoms with Crippen LogP contribution >= 0.6 is 11.3 Å². The van der Waals surface area contributed by atoms with E-state index in [4.69, 9.17) is 10.4 Å². The molecule has 0 saturated heterocycles. The maximum Gasteiger partial charge on any atom is 0.209 e. The lowest BCUT2D eigenvalue weighted by Gasteiger charge is -1.93. The van der Waals surface area contributed by atoms with Gasteiger partial charge < -0.3 is 5.11 Å². The summed E-state index contributed by atoms with van der Waals surface area (Å²) in [6.07, 6.45) is 0.302. The summed E-state index contributed by atoms with van der Waals surface area (Å²) in [5.74, 6) is -0.575. The number of rotatable bonds is 1. The van der Waals surface area contributed by atoms with Crippen molar-refractivity contribution >= 4 is 21.4 Å². The Morgan fingerprint density at radius 2 is 2.29 bits per heavy atom. The maximum atomic E-state index is 13.2. The summed E-state index contributed by atoms with van der Waals surface area (Å²) in [4.78, 5) is 0. The van der Waals surface area contributed by atoms with E-state index in [2.05, 4.69) is 0 Å². The fraction of sp³-hybridized carbons (Fsp3) is 0.100. The van der Waals surface area contributed by atoms with E-state index < -0.39 is 5.82 Å². The zero-order valence-electron chi connectivity index (χ0n) is 7.12. The molecule has 0 fully saturated rings. The van der Waals surface area contributed by atoms with Gasteiger partial charge in [0.25, 0.3) is 0 Å². The monoisotopic (exact) mass is 207 g/mol. The summed E-state index contributed by atoms with van der Waals surface area (Å²) in [5.41, 5.74) is 0.834. The number of thiophene rings is 1. The van der Waals surface area contributed by atoms with E-state index in [1.807, 2.05) is 6.07 Å². The predicted octanol–water partition coefficient (Wildman–Crippen LogP) is 2.81. The minimum absolute atomic E-state index is 0.297. The van der Waals surface area contributed by atoms with Crippen LogP contribution in [0.25, 0.3) is 10.1 Å². The molecule has 0 atom stereocenters. The summed E-state index contributed by atoms with van der Waals surface area (Å²) in [6.45, 7) is 0. The highest BCUT2D eigenvalue weighted by Crippen LogP contribution is 2.35. The molecular weight excluding hydrogens is 201 g/mol. The zero-order chi connectivity index (χ0) is 10.1. The van der Waals surface area contributed by atoms with E-state index in [1.54, 1.807) is 18.2 Å². The first-order valence-electron chi connectivity index (χ1n) is 3.99. The van der Waals surface area contributed by atoms with Gasteiger partial charge in [-0.15, -0.1) is 0 Å². The Balaban J connectivity index is 2.63. The first-order chi connectivity index (χ1) is 6.72. The molecule has 2 aromatic rings. The normalized spacial score (nSPS) is 10.3. The van der Waals surface area contributed by atoms with Gasteiger partial charge in [0.2, 0.25) is 5.06 Å². The van der Waals surface area contributed by atoms with E-state index in [-0.39, 0.29) is 5.06 Å². The van der Waals surface area contributed by atoms with E-state index >= 15 is 0 Å². The molecule has 0 spiro atoms. The van der Waals surface area contributed by atoms with Crippen molar-refractivity contribution in [3.05, 3.63) is 29.6 Å². The van der Waals surface area contributed by atoms with Crippen molar-refractivity contribution < 1.29 is 9.50 Å². The van der Waals surface area contributed by atoms with Crippen molar-refractivity contribution in [1.29, 1.82) is 5.26 Å². The number of nitrogens with zero attached hydrogens (tertiary/aromatic N) is 1. The van der Waals surface area contributed by atoms with Crippen LogP contribution < -0.4 is 0 Å². The Bertz CT molecular complexity index is 527. The van der Waals surface area contributed by atoms with Crippen LogP contribution in [0.5, 0.6) is 5.06 Å². The molecular formula is C10H6FNOS. The van der Waals surface area contributed by atoms with Crippen LogP contribution in [0.3, 0.4) is 0 Å². The second kappa shape index (κ2) is 3.28. The third-order valence-corrected chi connectivity index (χ3v) is 2.89. The topological polar surface area (TPSA) is 44.0 Å². The molecule has 2 nitrogen and oxygen atoms in total. The molecule has 0 unspecified atom stereocenters. The quantitative estimate of drug-likeness (QED) is 0.781. The molecule has 1 heterocycles. The molecule has 0 aliphatic heterocycles. The molecule has 1 aromatic carbocycles. The summed E-state index contributed by atoms with van der Waals surface area (Å²) in [6, 6.07) is 7.03. The highest BCUT2D eigenvalue weighted by atomic mass is 32.1. The number of halogens is 1. The van der Waals surface area contributed by atoms with Crippen molar-refractivity contribution in [3.63, 3.8) is 0 Å². The van der Waals surface area contributed by atoms with Crippen LogP contribution in [0.2, 0.25) is 0 Å². The third-order valence-electron chi connectivity index (χ3n) is 1.96. The van der Waals surface area contributed by atoms with Crippen LogP contribution in [-0.2, 0) is 6.42 Å². The van der Waals surface area contributed by atoms with Crippen molar-refractivity contribution in [1.82, 2.24) is 0 Å². The molecule has 0 amide bonds. The van der Waals surface area contributed by atoms with Gasteiger partial charge in [-0.25, -0.2) is 4.39 Å². The number of benzene rings is 1. The maximum absolute atomic E-state index is 13.2. The van der Waals surface area contributed by atoms with E-state index in [0.717, 1.165) is 16.9 Å². The molecule has 0 bridgehead atoms. The highest BCUT2D eigenvalue weighted by Gasteiger charge is 2.10. The Labute approximate surface area is 83.8 Å². The van der Waals surface area contributed by atoms with Gasteiger partial charge in [0.05, 0.1) is 12.5 Å². The van der Waals surface area contributed by atoms with Gasteiger partial charge in [-0.2, -0.15) is 5.26 Å². The van der Waals surface area contributed by atoms with Crippen LogP contribution in [-0.4, -0.2) is 5.11 Å².